The topological polar surface area (TPSA) is 50.2 Å². The van der Waals surface area contributed by atoms with Gasteiger partial charge in [-0.05, 0) is 61.9 Å². The second-order valence-corrected chi connectivity index (χ2v) is 9.27. The largest absolute Gasteiger partial charge is 0.354 e. The van der Waals surface area contributed by atoms with Gasteiger partial charge in [-0.15, -0.1) is 11.3 Å². The number of thiophene rings is 1. The van der Waals surface area contributed by atoms with Gasteiger partial charge in [-0.2, -0.15) is 0 Å². The molecule has 160 valence electrons. The van der Waals surface area contributed by atoms with Crippen LogP contribution in [0.1, 0.15) is 40.8 Å². The van der Waals surface area contributed by atoms with Crippen molar-refractivity contribution in [1.82, 2.24) is 19.8 Å². The molecule has 5 nitrogen and oxygen atoms in total. The van der Waals surface area contributed by atoms with Crippen molar-refractivity contribution in [3.63, 3.8) is 0 Å². The maximum Gasteiger partial charge on any atom is 0.261 e. The third-order valence-electron chi connectivity index (χ3n) is 6.46. The number of nitrogens with zero attached hydrogens (tertiary/aromatic N) is 3. The number of likely N-dealkylation sites (tertiary alicyclic amines) is 1. The minimum absolute atomic E-state index is 0.0218. The van der Waals surface area contributed by atoms with E-state index in [4.69, 9.17) is 4.98 Å². The van der Waals surface area contributed by atoms with Crippen LogP contribution in [0.5, 0.6) is 0 Å². The van der Waals surface area contributed by atoms with E-state index in [0.717, 1.165) is 48.7 Å². The van der Waals surface area contributed by atoms with E-state index in [9.17, 15) is 4.79 Å². The monoisotopic (exact) mass is 432 g/mol. The van der Waals surface area contributed by atoms with Crippen molar-refractivity contribution in [2.75, 3.05) is 13.6 Å². The molecule has 0 saturated carbocycles. The molecule has 0 aliphatic carbocycles. The number of benzene rings is 2. The second-order valence-electron chi connectivity index (χ2n) is 8.22. The number of hydrogen-bond donors (Lipinski definition) is 1. The summed E-state index contributed by atoms with van der Waals surface area (Å²) in [5, 5.41) is 4.05. The van der Waals surface area contributed by atoms with Gasteiger partial charge in [-0.1, -0.05) is 30.3 Å². The summed E-state index contributed by atoms with van der Waals surface area (Å²) in [4.78, 5) is 21.0. The number of aromatic nitrogens is 2. The van der Waals surface area contributed by atoms with E-state index in [0.29, 0.717) is 6.04 Å². The van der Waals surface area contributed by atoms with E-state index < -0.39 is 0 Å². The molecular formula is C25H28N4OS. The van der Waals surface area contributed by atoms with Crippen LogP contribution >= 0.6 is 11.3 Å². The summed E-state index contributed by atoms with van der Waals surface area (Å²) < 4.78 is 3.52. The molecule has 5 rings (SSSR count). The zero-order valence-electron chi connectivity index (χ0n) is 18.1. The van der Waals surface area contributed by atoms with E-state index in [-0.39, 0.29) is 5.91 Å². The van der Waals surface area contributed by atoms with E-state index in [1.54, 1.807) is 18.4 Å². The average Bonchev–Trinajstić information content (AvgIpc) is 3.49. The van der Waals surface area contributed by atoms with Crippen LogP contribution in [0.4, 0.5) is 0 Å². The van der Waals surface area contributed by atoms with Crippen molar-refractivity contribution in [2.45, 2.75) is 45.3 Å². The van der Waals surface area contributed by atoms with Crippen LogP contribution in [0.2, 0.25) is 0 Å². The number of para-hydroxylation sites is 2. The van der Waals surface area contributed by atoms with Crippen LogP contribution < -0.4 is 5.32 Å². The molecule has 2 aromatic carbocycles. The first-order chi connectivity index (χ1) is 15.2. The summed E-state index contributed by atoms with van der Waals surface area (Å²) in [6, 6.07) is 17.2. The van der Waals surface area contributed by atoms with Crippen molar-refractivity contribution in [1.29, 1.82) is 0 Å². The van der Waals surface area contributed by atoms with Gasteiger partial charge in [0.15, 0.2) is 0 Å². The Bertz CT molecular complexity index is 1240. The Morgan fingerprint density at radius 3 is 2.84 bits per heavy atom. The standard InChI is InChI=1S/C25H28N4OS/c1-3-29-21-12-6-5-11-20(21)27-23(29)16-28-14-8-9-17(28)15-19-18-10-4-7-13-22(18)31-24(19)25(30)26-2/h4-7,10-13,17H,3,8-9,14-16H2,1-2H3,(H,26,30)/t17-/m1/s1. The van der Waals surface area contributed by atoms with Gasteiger partial charge in [0.2, 0.25) is 0 Å². The van der Waals surface area contributed by atoms with Gasteiger partial charge in [-0.25, -0.2) is 4.98 Å². The Morgan fingerprint density at radius 1 is 1.19 bits per heavy atom. The van der Waals surface area contributed by atoms with E-state index >= 15 is 0 Å². The molecular weight excluding hydrogens is 404 g/mol. The van der Waals surface area contributed by atoms with Crippen molar-refractivity contribution in [3.05, 3.63) is 64.8 Å². The normalized spacial score (nSPS) is 17.0. The maximum absolute atomic E-state index is 12.6. The summed E-state index contributed by atoms with van der Waals surface area (Å²) in [5.41, 5.74) is 3.48. The van der Waals surface area contributed by atoms with Gasteiger partial charge in [-0.3, -0.25) is 9.69 Å². The van der Waals surface area contributed by atoms with Gasteiger partial charge in [0.25, 0.3) is 5.91 Å². The van der Waals surface area contributed by atoms with E-state index in [2.05, 4.69) is 64.2 Å². The first-order valence-corrected chi connectivity index (χ1v) is 11.9. The van der Waals surface area contributed by atoms with Crippen molar-refractivity contribution < 1.29 is 4.79 Å². The highest BCUT2D eigenvalue weighted by Gasteiger charge is 2.29. The number of carbonyl (C=O) groups is 1. The highest BCUT2D eigenvalue weighted by atomic mass is 32.1. The molecule has 4 aromatic rings. The lowest BCUT2D eigenvalue weighted by Gasteiger charge is -2.25. The lowest BCUT2D eigenvalue weighted by Crippen LogP contribution is -2.32. The Morgan fingerprint density at radius 2 is 2.00 bits per heavy atom. The van der Waals surface area contributed by atoms with Gasteiger partial charge >= 0.3 is 0 Å². The zero-order valence-corrected chi connectivity index (χ0v) is 18.9. The Labute approximate surface area is 186 Å². The third-order valence-corrected chi connectivity index (χ3v) is 7.68. The molecule has 1 saturated heterocycles. The summed E-state index contributed by atoms with van der Waals surface area (Å²) in [5.74, 6) is 1.16. The first-order valence-electron chi connectivity index (χ1n) is 11.1. The van der Waals surface area contributed by atoms with Crippen molar-refractivity contribution in [3.8, 4) is 0 Å². The van der Waals surface area contributed by atoms with Gasteiger partial charge in [0.1, 0.15) is 5.82 Å². The molecule has 1 aliphatic heterocycles. The van der Waals surface area contributed by atoms with Crippen molar-refractivity contribution >= 4 is 38.4 Å². The smallest absolute Gasteiger partial charge is 0.261 e. The fraction of sp³-hybridized carbons (Fsp3) is 0.360. The van der Waals surface area contributed by atoms with Crippen LogP contribution in [-0.2, 0) is 19.5 Å². The van der Waals surface area contributed by atoms with Crippen LogP contribution in [-0.4, -0.2) is 40.0 Å². The average molecular weight is 433 g/mol. The predicted molar refractivity (Wildman–Crippen MR) is 128 cm³/mol. The molecule has 1 amide bonds. The second kappa shape index (κ2) is 8.44. The third kappa shape index (κ3) is 3.64. The molecule has 1 atom stereocenters. The lowest BCUT2D eigenvalue weighted by atomic mass is 10.0. The number of carbonyl (C=O) groups excluding carboxylic acids is 1. The zero-order chi connectivity index (χ0) is 21.4. The molecule has 31 heavy (non-hydrogen) atoms. The Balaban J connectivity index is 1.45. The quantitative estimate of drug-likeness (QED) is 0.474. The van der Waals surface area contributed by atoms with Gasteiger partial charge in [0.05, 0.1) is 22.5 Å². The Hall–Kier alpha value is -2.70. The highest BCUT2D eigenvalue weighted by Crippen LogP contribution is 2.35. The highest BCUT2D eigenvalue weighted by molar-refractivity contribution is 7.21. The minimum atomic E-state index is 0.0218. The first kappa shape index (κ1) is 20.2. The molecule has 1 N–H and O–H groups in total. The number of hydrogen-bond acceptors (Lipinski definition) is 4. The molecule has 0 bridgehead atoms. The Kier molecular flexibility index (Phi) is 5.50. The molecule has 2 aromatic heterocycles. The van der Waals surface area contributed by atoms with Crippen LogP contribution in [0.25, 0.3) is 21.1 Å². The summed E-state index contributed by atoms with van der Waals surface area (Å²) >= 11 is 1.61. The van der Waals surface area contributed by atoms with Gasteiger partial charge < -0.3 is 9.88 Å². The van der Waals surface area contributed by atoms with E-state index in [1.807, 2.05) is 6.07 Å². The number of nitrogens with one attached hydrogen (secondary N) is 1. The molecule has 6 heteroatoms. The molecule has 0 unspecified atom stereocenters. The SMILES string of the molecule is CCn1c(CN2CCC[C@@H]2Cc2c(C(=O)NC)sc3ccccc23)nc2ccccc21. The van der Waals surface area contributed by atoms with Crippen LogP contribution in [0.15, 0.2) is 48.5 Å². The number of amides is 1. The van der Waals surface area contributed by atoms with Crippen LogP contribution in [0.3, 0.4) is 0 Å². The lowest BCUT2D eigenvalue weighted by molar-refractivity contribution is 0.0966. The molecule has 1 aliphatic rings. The fourth-order valence-corrected chi connectivity index (χ4v) is 6.13. The maximum atomic E-state index is 12.6. The van der Waals surface area contributed by atoms with Gasteiger partial charge in [0, 0.05) is 24.3 Å². The predicted octanol–water partition coefficient (Wildman–Crippen LogP) is 4.84. The summed E-state index contributed by atoms with van der Waals surface area (Å²) in [6.07, 6.45) is 3.25. The molecule has 0 spiro atoms. The minimum Gasteiger partial charge on any atom is -0.354 e. The number of aryl methyl sites for hydroxylation is 1. The molecule has 1 fully saturated rings. The summed E-state index contributed by atoms with van der Waals surface area (Å²) in [6.45, 7) is 5.04. The summed E-state index contributed by atoms with van der Waals surface area (Å²) in [7, 11) is 1.72. The van der Waals surface area contributed by atoms with E-state index in [1.165, 1.54) is 27.6 Å². The van der Waals surface area contributed by atoms with Crippen molar-refractivity contribution in [2.24, 2.45) is 0 Å². The molecule has 0 radical (unpaired) electrons. The number of rotatable bonds is 6. The number of fused-ring (bicyclic) bond motifs is 2. The fourth-order valence-electron chi connectivity index (χ4n) is 4.95. The number of imidazole rings is 1. The molecule has 3 heterocycles. The van der Waals surface area contributed by atoms with Crippen LogP contribution in [0, 0.1) is 0 Å².